The lowest BCUT2D eigenvalue weighted by Gasteiger charge is -2.08. The Labute approximate surface area is 88.0 Å². The summed E-state index contributed by atoms with van der Waals surface area (Å²) in [6.07, 6.45) is 0. The molecule has 0 unspecified atom stereocenters. The summed E-state index contributed by atoms with van der Waals surface area (Å²) in [5.41, 5.74) is 9.44. The number of thiophene rings is 1. The molecule has 2 nitrogen and oxygen atoms in total. The van der Waals surface area contributed by atoms with Crippen LogP contribution in [-0.2, 0) is 6.54 Å². The molecular weight excluding hydrogens is 192 g/mol. The highest BCUT2D eigenvalue weighted by atomic mass is 32.1. The molecule has 0 aliphatic carbocycles. The molecule has 0 bridgehead atoms. The zero-order chi connectivity index (χ0) is 10.1. The van der Waals surface area contributed by atoms with E-state index in [4.69, 9.17) is 5.73 Å². The summed E-state index contributed by atoms with van der Waals surface area (Å²) in [4.78, 5) is 0. The van der Waals surface area contributed by atoms with Crippen molar-refractivity contribution in [2.45, 2.75) is 20.4 Å². The number of nitrogens with two attached hydrogens (primary N) is 1. The maximum atomic E-state index is 5.69. The van der Waals surface area contributed by atoms with E-state index < -0.39 is 0 Å². The van der Waals surface area contributed by atoms with Crippen molar-refractivity contribution in [1.82, 2.24) is 4.57 Å². The summed E-state index contributed by atoms with van der Waals surface area (Å²) >= 11 is 1.74. The summed E-state index contributed by atoms with van der Waals surface area (Å²) in [6.45, 7) is 4.84. The molecule has 0 aromatic carbocycles. The van der Waals surface area contributed by atoms with E-state index in [1.165, 1.54) is 22.0 Å². The molecule has 2 heterocycles. The van der Waals surface area contributed by atoms with E-state index in [2.05, 4.69) is 42.0 Å². The molecule has 0 saturated carbocycles. The number of nitrogens with zero attached hydrogens (tertiary/aromatic N) is 1. The minimum atomic E-state index is 0.607. The second-order valence-corrected chi connectivity index (χ2v) is 4.30. The van der Waals surface area contributed by atoms with E-state index in [1.54, 1.807) is 11.3 Å². The molecule has 0 saturated heterocycles. The Hall–Kier alpha value is -1.06. The van der Waals surface area contributed by atoms with E-state index in [0.717, 1.165) is 0 Å². The van der Waals surface area contributed by atoms with Crippen molar-refractivity contribution in [3.63, 3.8) is 0 Å². The van der Waals surface area contributed by atoms with Gasteiger partial charge < -0.3 is 10.3 Å². The Balaban J connectivity index is 2.59. The fraction of sp³-hybridized carbons (Fsp3) is 0.273. The zero-order valence-electron chi connectivity index (χ0n) is 8.45. The average Bonchev–Trinajstić information content (AvgIpc) is 2.73. The molecule has 0 atom stereocenters. The van der Waals surface area contributed by atoms with Gasteiger partial charge in [-0.25, -0.2) is 0 Å². The zero-order valence-corrected chi connectivity index (χ0v) is 9.27. The highest BCUT2D eigenvalue weighted by molar-refractivity contribution is 7.12. The first kappa shape index (κ1) is 9.49. The number of hydrogen-bond donors (Lipinski definition) is 1. The van der Waals surface area contributed by atoms with Crippen LogP contribution in [0.5, 0.6) is 0 Å². The van der Waals surface area contributed by atoms with Crippen LogP contribution in [0.25, 0.3) is 5.00 Å². The van der Waals surface area contributed by atoms with Crippen LogP contribution in [-0.4, -0.2) is 4.57 Å². The molecule has 0 aliphatic heterocycles. The van der Waals surface area contributed by atoms with Crippen molar-refractivity contribution >= 4 is 11.3 Å². The van der Waals surface area contributed by atoms with Crippen LogP contribution in [0, 0.1) is 13.8 Å². The van der Waals surface area contributed by atoms with Gasteiger partial charge in [0.15, 0.2) is 0 Å². The quantitative estimate of drug-likeness (QED) is 0.804. The van der Waals surface area contributed by atoms with Crippen LogP contribution in [0.15, 0.2) is 23.6 Å². The van der Waals surface area contributed by atoms with E-state index in [0.29, 0.717) is 6.54 Å². The molecule has 0 aliphatic rings. The summed E-state index contributed by atoms with van der Waals surface area (Å²) < 4.78 is 2.26. The van der Waals surface area contributed by atoms with Gasteiger partial charge in [-0.05, 0) is 37.4 Å². The maximum absolute atomic E-state index is 5.69. The normalized spacial score (nSPS) is 10.8. The lowest BCUT2D eigenvalue weighted by molar-refractivity contribution is 0.951. The molecule has 74 valence electrons. The van der Waals surface area contributed by atoms with Crippen molar-refractivity contribution in [2.75, 3.05) is 0 Å². The van der Waals surface area contributed by atoms with Crippen LogP contribution in [0.2, 0.25) is 0 Å². The minimum Gasteiger partial charge on any atom is -0.326 e. The highest BCUT2D eigenvalue weighted by Crippen LogP contribution is 2.25. The van der Waals surface area contributed by atoms with Gasteiger partial charge in [0.1, 0.15) is 5.00 Å². The summed E-state index contributed by atoms with van der Waals surface area (Å²) in [5, 5.41) is 3.35. The first-order valence-electron chi connectivity index (χ1n) is 4.66. The number of aromatic nitrogens is 1. The molecule has 3 heteroatoms. The van der Waals surface area contributed by atoms with Crippen LogP contribution in [0.3, 0.4) is 0 Å². The maximum Gasteiger partial charge on any atom is 0.104 e. The minimum absolute atomic E-state index is 0.607. The Kier molecular flexibility index (Phi) is 2.44. The van der Waals surface area contributed by atoms with Crippen molar-refractivity contribution in [3.05, 3.63) is 40.5 Å². The third-order valence-corrected chi connectivity index (χ3v) is 3.36. The molecular formula is C11H14N2S. The van der Waals surface area contributed by atoms with Gasteiger partial charge in [-0.2, -0.15) is 0 Å². The summed E-state index contributed by atoms with van der Waals surface area (Å²) in [6, 6.07) is 6.36. The van der Waals surface area contributed by atoms with Gasteiger partial charge in [0.25, 0.3) is 0 Å². The van der Waals surface area contributed by atoms with Crippen LogP contribution in [0.4, 0.5) is 0 Å². The van der Waals surface area contributed by atoms with Gasteiger partial charge >= 0.3 is 0 Å². The van der Waals surface area contributed by atoms with E-state index in [9.17, 15) is 0 Å². The molecule has 2 rings (SSSR count). The predicted octanol–water partition coefficient (Wildman–Crippen LogP) is 2.61. The molecule has 0 spiro atoms. The standard InChI is InChI=1S/C11H14N2S/c1-8-3-4-9(2)13(8)11-10(7-12)5-6-14-11/h3-6H,7,12H2,1-2H3. The van der Waals surface area contributed by atoms with Crippen molar-refractivity contribution < 1.29 is 0 Å². The number of aryl methyl sites for hydroxylation is 2. The molecule has 2 N–H and O–H groups in total. The van der Waals surface area contributed by atoms with Gasteiger partial charge in [-0.1, -0.05) is 0 Å². The lowest BCUT2D eigenvalue weighted by atomic mass is 10.3. The predicted molar refractivity (Wildman–Crippen MR) is 61.0 cm³/mol. The molecule has 14 heavy (non-hydrogen) atoms. The number of rotatable bonds is 2. The second kappa shape index (κ2) is 3.59. The van der Waals surface area contributed by atoms with Gasteiger partial charge in [0.2, 0.25) is 0 Å². The molecule has 0 amide bonds. The Morgan fingerprint density at radius 1 is 1.21 bits per heavy atom. The van der Waals surface area contributed by atoms with Gasteiger partial charge in [-0.3, -0.25) is 0 Å². The summed E-state index contributed by atoms with van der Waals surface area (Å²) in [7, 11) is 0. The fourth-order valence-corrected chi connectivity index (χ4v) is 2.73. The smallest absolute Gasteiger partial charge is 0.104 e. The SMILES string of the molecule is Cc1ccc(C)n1-c1sccc1CN. The second-order valence-electron chi connectivity index (χ2n) is 3.41. The van der Waals surface area contributed by atoms with Gasteiger partial charge in [0, 0.05) is 23.5 Å². The van der Waals surface area contributed by atoms with E-state index >= 15 is 0 Å². The molecule has 0 radical (unpaired) electrons. The Morgan fingerprint density at radius 2 is 1.86 bits per heavy atom. The first-order chi connectivity index (χ1) is 6.74. The Bertz CT molecular complexity index is 420. The summed E-state index contributed by atoms with van der Waals surface area (Å²) in [5.74, 6) is 0. The van der Waals surface area contributed by atoms with Crippen molar-refractivity contribution in [2.24, 2.45) is 5.73 Å². The van der Waals surface area contributed by atoms with Crippen molar-refractivity contribution in [1.29, 1.82) is 0 Å². The number of hydrogen-bond acceptors (Lipinski definition) is 2. The molecule has 2 aromatic heterocycles. The van der Waals surface area contributed by atoms with Crippen molar-refractivity contribution in [3.8, 4) is 5.00 Å². The fourth-order valence-electron chi connectivity index (χ4n) is 1.67. The van der Waals surface area contributed by atoms with E-state index in [1.807, 2.05) is 0 Å². The first-order valence-corrected chi connectivity index (χ1v) is 5.53. The third-order valence-electron chi connectivity index (χ3n) is 2.42. The molecule has 2 aromatic rings. The van der Waals surface area contributed by atoms with Crippen LogP contribution >= 0.6 is 11.3 Å². The lowest BCUT2D eigenvalue weighted by Crippen LogP contribution is -2.03. The monoisotopic (exact) mass is 206 g/mol. The van der Waals surface area contributed by atoms with Gasteiger partial charge in [-0.15, -0.1) is 11.3 Å². The van der Waals surface area contributed by atoms with Crippen LogP contribution < -0.4 is 5.73 Å². The largest absolute Gasteiger partial charge is 0.326 e. The average molecular weight is 206 g/mol. The third kappa shape index (κ3) is 1.38. The van der Waals surface area contributed by atoms with Gasteiger partial charge in [0.05, 0.1) is 0 Å². The Morgan fingerprint density at radius 3 is 2.43 bits per heavy atom. The van der Waals surface area contributed by atoms with E-state index in [-0.39, 0.29) is 0 Å². The molecule has 0 fully saturated rings. The highest BCUT2D eigenvalue weighted by Gasteiger charge is 2.08. The van der Waals surface area contributed by atoms with Crippen LogP contribution in [0.1, 0.15) is 17.0 Å². The topological polar surface area (TPSA) is 30.9 Å².